The number of aryl methyl sites for hydroxylation is 2. The molecule has 1 atom stereocenters. The summed E-state index contributed by atoms with van der Waals surface area (Å²) < 4.78 is 5.11. The molecule has 2 heterocycles. The predicted octanol–water partition coefficient (Wildman–Crippen LogP) is 3.08. The Hall–Kier alpha value is -2.63. The minimum atomic E-state index is -0.340. The highest BCUT2D eigenvalue weighted by molar-refractivity contribution is 6.00. The smallest absolute Gasteiger partial charge is 0.227 e. The summed E-state index contributed by atoms with van der Waals surface area (Å²) in [6.07, 6.45) is 0.235. The van der Waals surface area contributed by atoms with Gasteiger partial charge in [-0.25, -0.2) is 0 Å². The molecule has 1 saturated heterocycles. The minimum absolute atomic E-state index is 0.0141. The fourth-order valence-corrected chi connectivity index (χ4v) is 3.25. The van der Waals surface area contributed by atoms with Gasteiger partial charge in [0.1, 0.15) is 5.76 Å². The van der Waals surface area contributed by atoms with Gasteiger partial charge in [0.05, 0.1) is 11.6 Å². The van der Waals surface area contributed by atoms with E-state index in [4.69, 9.17) is 4.52 Å². The van der Waals surface area contributed by atoms with E-state index in [9.17, 15) is 9.59 Å². The summed E-state index contributed by atoms with van der Waals surface area (Å²) in [5.74, 6) is 0.686. The quantitative estimate of drug-likeness (QED) is 0.894. The Balaban J connectivity index is 1.62. The van der Waals surface area contributed by atoms with Crippen molar-refractivity contribution in [3.63, 3.8) is 0 Å². The van der Waals surface area contributed by atoms with Crippen LogP contribution in [-0.4, -0.2) is 23.5 Å². The van der Waals surface area contributed by atoms with Crippen molar-refractivity contribution in [2.75, 3.05) is 11.4 Å². The van der Waals surface area contributed by atoms with E-state index >= 15 is 0 Å². The average Bonchev–Trinajstić information content (AvgIpc) is 3.16. The van der Waals surface area contributed by atoms with Crippen LogP contribution in [0.5, 0.6) is 0 Å². The molecule has 1 N–H and O–H groups in total. The summed E-state index contributed by atoms with van der Waals surface area (Å²) >= 11 is 0. The SMILES string of the molecule is Cc1noc(C)c1CNC(=O)[C@H]1CC(=O)N(c2ccc(C(C)C)cc2)C1. The Morgan fingerprint density at radius 3 is 2.58 bits per heavy atom. The van der Waals surface area contributed by atoms with Crippen LogP contribution in [0.15, 0.2) is 28.8 Å². The van der Waals surface area contributed by atoms with Crippen molar-refractivity contribution in [2.24, 2.45) is 5.92 Å². The highest BCUT2D eigenvalue weighted by Gasteiger charge is 2.35. The van der Waals surface area contributed by atoms with Gasteiger partial charge in [-0.05, 0) is 37.5 Å². The third kappa shape index (κ3) is 3.64. The molecule has 0 radical (unpaired) electrons. The van der Waals surface area contributed by atoms with E-state index in [-0.39, 0.29) is 24.2 Å². The first-order chi connectivity index (χ1) is 12.4. The maximum Gasteiger partial charge on any atom is 0.227 e. The van der Waals surface area contributed by atoms with Gasteiger partial charge >= 0.3 is 0 Å². The molecule has 26 heavy (non-hydrogen) atoms. The molecular formula is C20H25N3O3. The van der Waals surface area contributed by atoms with Gasteiger partial charge in [0.25, 0.3) is 0 Å². The Bertz CT molecular complexity index is 789. The number of nitrogens with one attached hydrogen (secondary N) is 1. The van der Waals surface area contributed by atoms with Crippen molar-refractivity contribution in [3.8, 4) is 0 Å². The van der Waals surface area contributed by atoms with Crippen LogP contribution in [0.3, 0.4) is 0 Å². The van der Waals surface area contributed by atoms with Gasteiger partial charge in [-0.1, -0.05) is 31.1 Å². The molecule has 138 valence electrons. The molecule has 2 amide bonds. The highest BCUT2D eigenvalue weighted by atomic mass is 16.5. The lowest BCUT2D eigenvalue weighted by Gasteiger charge is -2.17. The van der Waals surface area contributed by atoms with Crippen molar-refractivity contribution in [1.29, 1.82) is 0 Å². The number of hydrogen-bond acceptors (Lipinski definition) is 4. The number of aromatic nitrogens is 1. The Morgan fingerprint density at radius 2 is 2.00 bits per heavy atom. The van der Waals surface area contributed by atoms with Crippen LogP contribution in [0.4, 0.5) is 5.69 Å². The monoisotopic (exact) mass is 355 g/mol. The highest BCUT2D eigenvalue weighted by Crippen LogP contribution is 2.27. The first-order valence-electron chi connectivity index (χ1n) is 8.96. The Morgan fingerprint density at radius 1 is 1.31 bits per heavy atom. The lowest BCUT2D eigenvalue weighted by Crippen LogP contribution is -2.32. The van der Waals surface area contributed by atoms with Crippen molar-refractivity contribution in [1.82, 2.24) is 10.5 Å². The first-order valence-corrected chi connectivity index (χ1v) is 8.96. The number of anilines is 1. The molecule has 1 aromatic heterocycles. The van der Waals surface area contributed by atoms with E-state index in [1.165, 1.54) is 5.56 Å². The second kappa shape index (κ2) is 7.32. The van der Waals surface area contributed by atoms with Crippen LogP contribution < -0.4 is 10.2 Å². The normalized spacial score (nSPS) is 17.2. The number of carbonyl (C=O) groups is 2. The van der Waals surface area contributed by atoms with E-state index in [0.717, 1.165) is 16.9 Å². The average molecular weight is 355 g/mol. The lowest BCUT2D eigenvalue weighted by molar-refractivity contribution is -0.126. The van der Waals surface area contributed by atoms with Crippen molar-refractivity contribution in [3.05, 3.63) is 46.8 Å². The van der Waals surface area contributed by atoms with E-state index in [1.54, 1.807) is 4.90 Å². The number of nitrogens with zero attached hydrogens (tertiary/aromatic N) is 2. The van der Waals surface area contributed by atoms with Gasteiger partial charge in [0.15, 0.2) is 0 Å². The van der Waals surface area contributed by atoms with Gasteiger partial charge in [-0.15, -0.1) is 0 Å². The number of rotatable bonds is 5. The molecule has 0 unspecified atom stereocenters. The zero-order valence-corrected chi connectivity index (χ0v) is 15.7. The summed E-state index contributed by atoms with van der Waals surface area (Å²) in [6, 6.07) is 7.99. The molecule has 1 aliphatic rings. The molecule has 0 bridgehead atoms. The van der Waals surface area contributed by atoms with Gasteiger partial charge in [-0.2, -0.15) is 0 Å². The lowest BCUT2D eigenvalue weighted by atomic mass is 10.0. The Kier molecular flexibility index (Phi) is 5.11. The fraction of sp³-hybridized carbons (Fsp3) is 0.450. The van der Waals surface area contributed by atoms with Gasteiger partial charge in [-0.3, -0.25) is 9.59 Å². The third-order valence-corrected chi connectivity index (χ3v) is 4.99. The predicted molar refractivity (Wildman–Crippen MR) is 98.8 cm³/mol. The molecule has 6 nitrogen and oxygen atoms in total. The summed E-state index contributed by atoms with van der Waals surface area (Å²) in [5.41, 5.74) is 3.75. The van der Waals surface area contributed by atoms with Crippen molar-refractivity contribution in [2.45, 2.75) is 46.6 Å². The zero-order chi connectivity index (χ0) is 18.8. The number of carbonyl (C=O) groups excluding carboxylic acids is 2. The van der Waals surface area contributed by atoms with Crippen molar-refractivity contribution >= 4 is 17.5 Å². The summed E-state index contributed by atoms with van der Waals surface area (Å²) in [5, 5.41) is 6.79. The number of hydrogen-bond donors (Lipinski definition) is 1. The van der Waals surface area contributed by atoms with Crippen LogP contribution in [0.25, 0.3) is 0 Å². The molecule has 2 aromatic rings. The molecule has 1 aliphatic heterocycles. The summed E-state index contributed by atoms with van der Waals surface area (Å²) in [6.45, 7) is 8.72. The largest absolute Gasteiger partial charge is 0.361 e. The molecule has 1 aromatic carbocycles. The molecule has 0 aliphatic carbocycles. The van der Waals surface area contributed by atoms with E-state index in [0.29, 0.717) is 24.8 Å². The standard InChI is InChI=1S/C20H25N3O3/c1-12(2)15-5-7-17(8-6-15)23-11-16(9-19(23)24)20(25)21-10-18-13(3)22-26-14(18)4/h5-8,12,16H,9-11H2,1-4H3,(H,21,25)/t16-/m0/s1. The molecule has 0 saturated carbocycles. The Labute approximate surface area is 153 Å². The maximum atomic E-state index is 12.5. The topological polar surface area (TPSA) is 75.4 Å². The fourth-order valence-electron chi connectivity index (χ4n) is 3.25. The molecule has 0 spiro atoms. The summed E-state index contributed by atoms with van der Waals surface area (Å²) in [7, 11) is 0. The van der Waals surface area contributed by atoms with Crippen molar-refractivity contribution < 1.29 is 14.1 Å². The number of amides is 2. The van der Waals surface area contributed by atoms with Gasteiger partial charge in [0.2, 0.25) is 11.8 Å². The van der Waals surface area contributed by atoms with Gasteiger partial charge < -0.3 is 14.7 Å². The summed E-state index contributed by atoms with van der Waals surface area (Å²) in [4.78, 5) is 26.6. The van der Waals surface area contributed by atoms with Gasteiger partial charge in [0, 0.05) is 30.8 Å². The number of benzene rings is 1. The maximum absolute atomic E-state index is 12.5. The second-order valence-electron chi connectivity index (χ2n) is 7.17. The minimum Gasteiger partial charge on any atom is -0.361 e. The molecule has 6 heteroatoms. The van der Waals surface area contributed by atoms with Crippen LogP contribution in [0.2, 0.25) is 0 Å². The van der Waals surface area contributed by atoms with E-state index < -0.39 is 0 Å². The third-order valence-electron chi connectivity index (χ3n) is 4.99. The van der Waals surface area contributed by atoms with E-state index in [2.05, 4.69) is 24.3 Å². The van der Waals surface area contributed by atoms with Crippen LogP contribution in [-0.2, 0) is 16.1 Å². The molecule has 1 fully saturated rings. The van der Waals surface area contributed by atoms with Crippen LogP contribution in [0.1, 0.15) is 48.8 Å². The van der Waals surface area contributed by atoms with Crippen LogP contribution in [0, 0.1) is 19.8 Å². The molecule has 3 rings (SSSR count). The molecular weight excluding hydrogens is 330 g/mol. The van der Waals surface area contributed by atoms with E-state index in [1.807, 2.05) is 38.1 Å². The first kappa shape index (κ1) is 18.2. The zero-order valence-electron chi connectivity index (χ0n) is 15.7. The van der Waals surface area contributed by atoms with Crippen LogP contribution >= 0.6 is 0 Å². The second-order valence-corrected chi connectivity index (χ2v) is 7.17.